The van der Waals surface area contributed by atoms with E-state index in [1.165, 1.54) is 6.21 Å². The highest BCUT2D eigenvalue weighted by molar-refractivity contribution is 5.94. The van der Waals surface area contributed by atoms with Gasteiger partial charge in [0, 0.05) is 10.9 Å². The van der Waals surface area contributed by atoms with E-state index >= 15 is 0 Å². The van der Waals surface area contributed by atoms with Gasteiger partial charge in [-0.25, -0.2) is 5.43 Å². The van der Waals surface area contributed by atoms with Crippen molar-refractivity contribution < 1.29 is 13.9 Å². The quantitative estimate of drug-likeness (QED) is 0.393. The molecule has 1 amide bonds. The Labute approximate surface area is 162 Å². The summed E-state index contributed by atoms with van der Waals surface area (Å²) in [7, 11) is 0. The number of fused-ring (bicyclic) bond motifs is 1. The molecule has 0 saturated carbocycles. The molecule has 0 spiro atoms. The highest BCUT2D eigenvalue weighted by Crippen LogP contribution is 2.26. The van der Waals surface area contributed by atoms with E-state index in [2.05, 4.69) is 22.7 Å². The van der Waals surface area contributed by atoms with Gasteiger partial charge in [-0.05, 0) is 41.3 Å². The van der Waals surface area contributed by atoms with Crippen LogP contribution in [0.5, 0.6) is 5.75 Å². The first-order valence-corrected chi connectivity index (χ1v) is 8.86. The summed E-state index contributed by atoms with van der Waals surface area (Å²) in [4.78, 5) is 12.3. The lowest BCUT2D eigenvalue weighted by Crippen LogP contribution is -2.17. The van der Waals surface area contributed by atoms with Gasteiger partial charge in [0.15, 0.2) is 0 Å². The molecular weight excluding hydrogens is 352 g/mol. The molecule has 0 saturated heterocycles. The average molecular weight is 370 g/mol. The maximum atomic E-state index is 12.3. The van der Waals surface area contributed by atoms with Crippen molar-refractivity contribution in [3.63, 3.8) is 0 Å². The van der Waals surface area contributed by atoms with Crippen LogP contribution in [0.2, 0.25) is 0 Å². The predicted molar refractivity (Wildman–Crippen MR) is 108 cm³/mol. The maximum absolute atomic E-state index is 12.3. The van der Waals surface area contributed by atoms with E-state index in [0.29, 0.717) is 17.9 Å². The second-order valence-electron chi connectivity index (χ2n) is 6.18. The van der Waals surface area contributed by atoms with Crippen LogP contribution < -0.4 is 10.2 Å². The van der Waals surface area contributed by atoms with Crippen molar-refractivity contribution in [2.45, 2.75) is 6.61 Å². The largest absolute Gasteiger partial charge is 0.488 e. The van der Waals surface area contributed by atoms with Gasteiger partial charge in [0.1, 0.15) is 18.1 Å². The molecular formula is C23H18N2O3. The van der Waals surface area contributed by atoms with E-state index in [1.807, 2.05) is 42.5 Å². The topological polar surface area (TPSA) is 63.8 Å². The van der Waals surface area contributed by atoms with Gasteiger partial charge in [0.2, 0.25) is 0 Å². The van der Waals surface area contributed by atoms with Crippen molar-refractivity contribution in [3.8, 4) is 5.75 Å². The molecule has 4 aromatic rings. The van der Waals surface area contributed by atoms with Crippen LogP contribution in [0.3, 0.4) is 0 Å². The van der Waals surface area contributed by atoms with Crippen LogP contribution in [-0.2, 0) is 6.61 Å². The molecule has 138 valence electrons. The Morgan fingerprint density at radius 3 is 2.75 bits per heavy atom. The smallest absolute Gasteiger partial charge is 0.271 e. The molecule has 0 aliphatic heterocycles. The molecule has 3 aromatic carbocycles. The van der Waals surface area contributed by atoms with Crippen molar-refractivity contribution in [1.82, 2.24) is 5.43 Å². The molecule has 0 aliphatic rings. The lowest BCUT2D eigenvalue weighted by molar-refractivity contribution is 0.0955. The summed E-state index contributed by atoms with van der Waals surface area (Å²) in [6.45, 7) is 0.366. The Balaban J connectivity index is 1.42. The van der Waals surface area contributed by atoms with Crippen molar-refractivity contribution in [3.05, 3.63) is 102 Å². The molecule has 0 radical (unpaired) electrons. The summed E-state index contributed by atoms with van der Waals surface area (Å²) in [6.07, 6.45) is 2.99. The summed E-state index contributed by atoms with van der Waals surface area (Å²) in [6, 6.07) is 24.8. The number of carbonyl (C=O) groups is 1. The standard InChI is InChI=1S/C23H18N2O3/c26-23(25-24-15-20-10-5-13-27-20)19-9-3-6-17(14-19)16-28-22-12-4-8-18-7-1-2-11-21(18)22/h1-15H,16H2,(H,25,26)/b24-15+. The van der Waals surface area contributed by atoms with Gasteiger partial charge in [-0.15, -0.1) is 0 Å². The fraction of sp³-hybridized carbons (Fsp3) is 0.0435. The maximum Gasteiger partial charge on any atom is 0.271 e. The van der Waals surface area contributed by atoms with Crippen molar-refractivity contribution >= 4 is 22.9 Å². The fourth-order valence-electron chi connectivity index (χ4n) is 2.87. The Hall–Kier alpha value is -3.86. The third-order valence-electron chi connectivity index (χ3n) is 4.23. The zero-order valence-electron chi connectivity index (χ0n) is 15.0. The van der Waals surface area contributed by atoms with Crippen LogP contribution >= 0.6 is 0 Å². The van der Waals surface area contributed by atoms with Crippen LogP contribution in [0, 0.1) is 0 Å². The Bertz CT molecular complexity index is 1110. The van der Waals surface area contributed by atoms with E-state index in [0.717, 1.165) is 22.1 Å². The number of nitrogens with one attached hydrogen (secondary N) is 1. The lowest BCUT2D eigenvalue weighted by Gasteiger charge is -2.10. The first kappa shape index (κ1) is 17.5. The first-order valence-electron chi connectivity index (χ1n) is 8.86. The Kier molecular flexibility index (Phi) is 5.15. The summed E-state index contributed by atoms with van der Waals surface area (Å²) in [5.74, 6) is 1.09. The van der Waals surface area contributed by atoms with Crippen LogP contribution in [0.1, 0.15) is 21.7 Å². The van der Waals surface area contributed by atoms with Gasteiger partial charge in [0.25, 0.3) is 5.91 Å². The van der Waals surface area contributed by atoms with Gasteiger partial charge in [-0.2, -0.15) is 5.10 Å². The van der Waals surface area contributed by atoms with E-state index in [1.54, 1.807) is 30.5 Å². The molecule has 5 heteroatoms. The minimum Gasteiger partial charge on any atom is -0.488 e. The van der Waals surface area contributed by atoms with Gasteiger partial charge in [-0.1, -0.05) is 48.5 Å². The number of carbonyl (C=O) groups excluding carboxylic acids is 1. The number of rotatable bonds is 6. The Morgan fingerprint density at radius 1 is 1.00 bits per heavy atom. The van der Waals surface area contributed by atoms with Crippen LogP contribution in [0.25, 0.3) is 10.8 Å². The van der Waals surface area contributed by atoms with E-state index < -0.39 is 0 Å². The number of furan rings is 1. The van der Waals surface area contributed by atoms with Crippen LogP contribution in [0.15, 0.2) is 94.6 Å². The normalized spacial score (nSPS) is 11.0. The summed E-state index contributed by atoms with van der Waals surface area (Å²) in [5, 5.41) is 6.09. The monoisotopic (exact) mass is 370 g/mol. The summed E-state index contributed by atoms with van der Waals surface area (Å²) >= 11 is 0. The molecule has 0 fully saturated rings. The van der Waals surface area contributed by atoms with Crippen LogP contribution in [-0.4, -0.2) is 12.1 Å². The first-order chi connectivity index (χ1) is 13.8. The zero-order chi connectivity index (χ0) is 19.2. The van der Waals surface area contributed by atoms with Gasteiger partial charge in [-0.3, -0.25) is 4.79 Å². The summed E-state index contributed by atoms with van der Waals surface area (Å²) in [5.41, 5.74) is 3.90. The Morgan fingerprint density at radius 2 is 1.86 bits per heavy atom. The van der Waals surface area contributed by atoms with E-state index in [9.17, 15) is 4.79 Å². The van der Waals surface area contributed by atoms with Gasteiger partial charge < -0.3 is 9.15 Å². The van der Waals surface area contributed by atoms with Crippen molar-refractivity contribution in [1.29, 1.82) is 0 Å². The predicted octanol–water partition coefficient (Wildman–Crippen LogP) is 4.78. The molecule has 0 aliphatic carbocycles. The number of hydrogen-bond acceptors (Lipinski definition) is 4. The molecule has 1 N–H and O–H groups in total. The lowest BCUT2D eigenvalue weighted by atomic mass is 10.1. The SMILES string of the molecule is O=C(N/N=C/c1ccco1)c1cccc(COc2cccc3ccccc23)c1. The van der Waals surface area contributed by atoms with Gasteiger partial charge >= 0.3 is 0 Å². The second-order valence-corrected chi connectivity index (χ2v) is 6.18. The van der Waals surface area contributed by atoms with Gasteiger partial charge in [0.05, 0.1) is 12.5 Å². The zero-order valence-corrected chi connectivity index (χ0v) is 15.0. The van der Waals surface area contributed by atoms with E-state index in [4.69, 9.17) is 9.15 Å². The van der Waals surface area contributed by atoms with Crippen LogP contribution in [0.4, 0.5) is 0 Å². The highest BCUT2D eigenvalue weighted by Gasteiger charge is 2.07. The third-order valence-corrected chi connectivity index (χ3v) is 4.23. The number of ether oxygens (including phenoxy) is 1. The molecule has 4 rings (SSSR count). The average Bonchev–Trinajstić information content (AvgIpc) is 3.26. The summed E-state index contributed by atoms with van der Waals surface area (Å²) < 4.78 is 11.1. The van der Waals surface area contributed by atoms with E-state index in [-0.39, 0.29) is 5.91 Å². The van der Waals surface area contributed by atoms with Crippen molar-refractivity contribution in [2.75, 3.05) is 0 Å². The van der Waals surface area contributed by atoms with Crippen molar-refractivity contribution in [2.24, 2.45) is 5.10 Å². The third kappa shape index (κ3) is 4.10. The number of benzene rings is 3. The molecule has 1 aromatic heterocycles. The number of hydrogen-bond donors (Lipinski definition) is 1. The molecule has 0 bridgehead atoms. The molecule has 0 unspecified atom stereocenters. The molecule has 28 heavy (non-hydrogen) atoms. The molecule has 0 atom stereocenters. The number of nitrogens with zero attached hydrogens (tertiary/aromatic N) is 1. The second kappa shape index (κ2) is 8.22. The molecule has 5 nitrogen and oxygen atoms in total. The highest BCUT2D eigenvalue weighted by atomic mass is 16.5. The minimum atomic E-state index is -0.296. The fourth-order valence-corrected chi connectivity index (χ4v) is 2.87. The number of hydrazone groups is 1. The number of amides is 1. The minimum absolute atomic E-state index is 0.296. The molecule has 1 heterocycles.